The molecule has 1 unspecified atom stereocenters. The summed E-state index contributed by atoms with van der Waals surface area (Å²) in [4.78, 5) is 2.35. The number of likely N-dealkylation sites (N-methyl/N-ethyl adjacent to an activating group) is 1. The van der Waals surface area contributed by atoms with Crippen LogP contribution < -0.4 is 5.73 Å². The lowest BCUT2D eigenvalue weighted by molar-refractivity contribution is 0.0778. The Morgan fingerprint density at radius 1 is 1.24 bits per heavy atom. The van der Waals surface area contributed by atoms with Crippen LogP contribution in [0.3, 0.4) is 0 Å². The van der Waals surface area contributed by atoms with Crippen molar-refractivity contribution in [1.29, 1.82) is 0 Å². The van der Waals surface area contributed by atoms with Gasteiger partial charge in [-0.15, -0.1) is 0 Å². The molecule has 2 rings (SSSR count). The van der Waals surface area contributed by atoms with Gasteiger partial charge in [-0.1, -0.05) is 19.3 Å². The van der Waals surface area contributed by atoms with Gasteiger partial charge in [0.15, 0.2) is 0 Å². The van der Waals surface area contributed by atoms with Gasteiger partial charge in [-0.25, -0.2) is 0 Å². The molecule has 2 aliphatic rings. The fraction of sp³-hybridized carbons (Fsp3) is 0.857. The minimum absolute atomic E-state index is 0.137. The van der Waals surface area contributed by atoms with E-state index in [9.17, 15) is 0 Å². The van der Waals surface area contributed by atoms with Gasteiger partial charge in [0.25, 0.3) is 0 Å². The predicted octanol–water partition coefficient (Wildman–Crippen LogP) is 2.27. The number of nitrogens with two attached hydrogens (primary N) is 1. The largest absolute Gasteiger partial charge is 0.501 e. The average Bonchev–Trinajstić information content (AvgIpc) is 2.39. The molecule has 0 aromatic carbocycles. The molecule has 0 bridgehead atoms. The van der Waals surface area contributed by atoms with Crippen molar-refractivity contribution < 1.29 is 4.74 Å². The first-order valence-electron chi connectivity index (χ1n) is 6.90. The summed E-state index contributed by atoms with van der Waals surface area (Å²) in [5.41, 5.74) is 8.04. The molecule has 1 fully saturated rings. The molecule has 1 aliphatic carbocycles. The number of ether oxygens (including phenoxy) is 1. The van der Waals surface area contributed by atoms with Gasteiger partial charge in [0.1, 0.15) is 0 Å². The van der Waals surface area contributed by atoms with Crippen LogP contribution in [0.2, 0.25) is 0 Å². The molecule has 1 heterocycles. The minimum atomic E-state index is 0.137. The van der Waals surface area contributed by atoms with Crippen molar-refractivity contribution in [1.82, 2.24) is 4.90 Å². The highest BCUT2D eigenvalue weighted by Gasteiger charge is 2.41. The third-order valence-electron chi connectivity index (χ3n) is 4.55. The molecule has 3 nitrogen and oxygen atoms in total. The Labute approximate surface area is 105 Å². The van der Waals surface area contributed by atoms with E-state index in [0.29, 0.717) is 0 Å². The first-order valence-corrected chi connectivity index (χ1v) is 6.90. The number of nitrogens with zero attached hydrogens (tertiary/aromatic N) is 1. The average molecular weight is 238 g/mol. The van der Waals surface area contributed by atoms with E-state index in [0.717, 1.165) is 19.4 Å². The Morgan fingerprint density at radius 2 is 1.94 bits per heavy atom. The van der Waals surface area contributed by atoms with Crippen LogP contribution >= 0.6 is 0 Å². The summed E-state index contributed by atoms with van der Waals surface area (Å²) >= 11 is 0. The van der Waals surface area contributed by atoms with E-state index in [-0.39, 0.29) is 11.6 Å². The van der Waals surface area contributed by atoms with Crippen LogP contribution in [0.5, 0.6) is 0 Å². The molecule has 2 N–H and O–H groups in total. The minimum Gasteiger partial charge on any atom is -0.501 e. The van der Waals surface area contributed by atoms with Gasteiger partial charge in [0.05, 0.1) is 12.9 Å². The molecular weight excluding hydrogens is 212 g/mol. The maximum Gasteiger partial charge on any atom is 0.0876 e. The molecule has 1 saturated carbocycles. The lowest BCUT2D eigenvalue weighted by Gasteiger charge is -2.48. The van der Waals surface area contributed by atoms with Crippen LogP contribution in [0.4, 0.5) is 0 Å². The van der Waals surface area contributed by atoms with E-state index in [2.05, 4.69) is 19.0 Å². The summed E-state index contributed by atoms with van der Waals surface area (Å²) in [6, 6.07) is 0.137. The Morgan fingerprint density at radius 3 is 2.47 bits per heavy atom. The van der Waals surface area contributed by atoms with Gasteiger partial charge in [-0.05, 0) is 45.4 Å². The lowest BCUT2D eigenvalue weighted by Crippen LogP contribution is -2.59. The quantitative estimate of drug-likeness (QED) is 0.819. The van der Waals surface area contributed by atoms with Crippen molar-refractivity contribution in [3.8, 4) is 0 Å². The van der Waals surface area contributed by atoms with E-state index >= 15 is 0 Å². The molecule has 0 aromatic rings. The zero-order valence-electron chi connectivity index (χ0n) is 11.2. The monoisotopic (exact) mass is 238 g/mol. The summed E-state index contributed by atoms with van der Waals surface area (Å²) in [6.45, 7) is 0.852. The van der Waals surface area contributed by atoms with Gasteiger partial charge in [0, 0.05) is 11.6 Å². The molecular formula is C14H26N2O. The van der Waals surface area contributed by atoms with Gasteiger partial charge in [-0.2, -0.15) is 0 Å². The van der Waals surface area contributed by atoms with E-state index in [1.165, 1.54) is 37.7 Å². The summed E-state index contributed by atoms with van der Waals surface area (Å²) in [5, 5.41) is 0. The van der Waals surface area contributed by atoms with Crippen LogP contribution in [0.15, 0.2) is 11.8 Å². The third-order valence-corrected chi connectivity index (χ3v) is 4.55. The van der Waals surface area contributed by atoms with Gasteiger partial charge < -0.3 is 15.4 Å². The standard InChI is InChI=1S/C14H26N2O/c1-16(2)14(8-4-3-5-9-14)13(15)12-7-6-10-17-11-12/h11,13H,3-10,15H2,1-2H3. The lowest BCUT2D eigenvalue weighted by atomic mass is 9.72. The summed E-state index contributed by atoms with van der Waals surface area (Å²) in [7, 11) is 4.35. The van der Waals surface area contributed by atoms with Gasteiger partial charge in [0.2, 0.25) is 0 Å². The molecule has 0 amide bonds. The van der Waals surface area contributed by atoms with Gasteiger partial charge in [-0.3, -0.25) is 0 Å². The molecule has 1 atom stereocenters. The van der Waals surface area contributed by atoms with Gasteiger partial charge >= 0.3 is 0 Å². The highest BCUT2D eigenvalue weighted by Crippen LogP contribution is 2.37. The zero-order valence-corrected chi connectivity index (χ0v) is 11.2. The molecule has 1 aliphatic heterocycles. The number of hydrogen-bond acceptors (Lipinski definition) is 3. The van der Waals surface area contributed by atoms with Crippen LogP contribution in [-0.2, 0) is 4.74 Å². The highest BCUT2D eigenvalue weighted by atomic mass is 16.5. The molecule has 0 aromatic heterocycles. The first-order chi connectivity index (χ1) is 8.17. The SMILES string of the molecule is CN(C)C1(C(N)C2=COCCC2)CCCCC1. The molecule has 98 valence electrons. The topological polar surface area (TPSA) is 38.5 Å². The second-order valence-electron chi connectivity index (χ2n) is 5.70. The third kappa shape index (κ3) is 2.50. The molecule has 17 heavy (non-hydrogen) atoms. The molecule has 0 saturated heterocycles. The summed E-state index contributed by atoms with van der Waals surface area (Å²) in [5.74, 6) is 0. The highest BCUT2D eigenvalue weighted by molar-refractivity contribution is 5.18. The number of rotatable bonds is 3. The van der Waals surface area contributed by atoms with E-state index in [4.69, 9.17) is 10.5 Å². The smallest absolute Gasteiger partial charge is 0.0876 e. The molecule has 0 radical (unpaired) electrons. The summed E-state index contributed by atoms with van der Waals surface area (Å²) < 4.78 is 5.46. The van der Waals surface area contributed by atoms with Crippen molar-refractivity contribution in [3.63, 3.8) is 0 Å². The fourth-order valence-electron chi connectivity index (χ4n) is 3.36. The Hall–Kier alpha value is -0.540. The van der Waals surface area contributed by atoms with Crippen LogP contribution in [0, 0.1) is 0 Å². The fourth-order valence-corrected chi connectivity index (χ4v) is 3.36. The number of hydrogen-bond donors (Lipinski definition) is 1. The Balaban J connectivity index is 2.17. The van der Waals surface area contributed by atoms with Crippen molar-refractivity contribution in [2.45, 2.75) is 56.5 Å². The second-order valence-corrected chi connectivity index (χ2v) is 5.70. The Kier molecular flexibility index (Phi) is 4.10. The van der Waals surface area contributed by atoms with E-state index < -0.39 is 0 Å². The van der Waals surface area contributed by atoms with E-state index in [1.807, 2.05) is 6.26 Å². The van der Waals surface area contributed by atoms with Crippen molar-refractivity contribution in [2.24, 2.45) is 5.73 Å². The van der Waals surface area contributed by atoms with Crippen molar-refractivity contribution >= 4 is 0 Å². The molecule has 3 heteroatoms. The summed E-state index contributed by atoms with van der Waals surface area (Å²) in [6.07, 6.45) is 10.6. The van der Waals surface area contributed by atoms with Crippen LogP contribution in [0.25, 0.3) is 0 Å². The van der Waals surface area contributed by atoms with Crippen molar-refractivity contribution in [3.05, 3.63) is 11.8 Å². The maximum atomic E-state index is 6.57. The van der Waals surface area contributed by atoms with Crippen LogP contribution in [0.1, 0.15) is 44.9 Å². The van der Waals surface area contributed by atoms with Crippen LogP contribution in [-0.4, -0.2) is 37.2 Å². The van der Waals surface area contributed by atoms with Crippen molar-refractivity contribution in [2.75, 3.05) is 20.7 Å². The Bertz CT molecular complexity index is 280. The zero-order chi connectivity index (χ0) is 12.3. The van der Waals surface area contributed by atoms with E-state index in [1.54, 1.807) is 0 Å². The molecule has 0 spiro atoms. The normalized spacial score (nSPS) is 26.2. The second kappa shape index (κ2) is 5.40. The predicted molar refractivity (Wildman–Crippen MR) is 70.7 cm³/mol. The maximum absolute atomic E-state index is 6.57. The first kappa shape index (κ1) is 12.9.